The Morgan fingerprint density at radius 2 is 2.07 bits per heavy atom. The molecule has 1 aliphatic rings. The number of thiazole rings is 1. The van der Waals surface area contributed by atoms with Gasteiger partial charge in [0.25, 0.3) is 0 Å². The van der Waals surface area contributed by atoms with E-state index in [4.69, 9.17) is 5.11 Å². The molecule has 2 amide bonds. The number of amides is 2. The molecule has 158 valence electrons. The van der Waals surface area contributed by atoms with Crippen LogP contribution in [0.25, 0.3) is 0 Å². The van der Waals surface area contributed by atoms with Crippen molar-refractivity contribution in [3.05, 3.63) is 6.20 Å². The molecule has 0 saturated heterocycles. The van der Waals surface area contributed by atoms with Crippen molar-refractivity contribution >= 4 is 40.2 Å². The molecular formula is C20H33N3O3S2. The maximum Gasteiger partial charge on any atom is 0.323 e. The first-order valence-electron chi connectivity index (χ1n) is 10.3. The summed E-state index contributed by atoms with van der Waals surface area (Å²) in [4.78, 5) is 29.9. The average molecular weight is 428 g/mol. The van der Waals surface area contributed by atoms with Gasteiger partial charge in [-0.25, -0.2) is 9.78 Å². The van der Waals surface area contributed by atoms with Crippen LogP contribution in [0.4, 0.5) is 9.93 Å². The van der Waals surface area contributed by atoms with E-state index in [1.54, 1.807) is 6.20 Å². The maximum atomic E-state index is 13.0. The average Bonchev–Trinajstić information content (AvgIpc) is 3.09. The molecule has 0 aliphatic heterocycles. The van der Waals surface area contributed by atoms with Crippen molar-refractivity contribution < 1.29 is 14.7 Å². The lowest BCUT2D eigenvalue weighted by atomic mass is 9.84. The number of thioether (sulfide) groups is 1. The quantitative estimate of drug-likeness (QED) is 0.478. The van der Waals surface area contributed by atoms with Gasteiger partial charge in [-0.15, -0.1) is 11.8 Å². The van der Waals surface area contributed by atoms with E-state index in [2.05, 4.69) is 31.1 Å². The molecule has 2 N–H and O–H groups in total. The van der Waals surface area contributed by atoms with Crippen LogP contribution in [0, 0.1) is 11.8 Å². The largest absolute Gasteiger partial charge is 0.481 e. The van der Waals surface area contributed by atoms with Crippen LogP contribution in [0.5, 0.6) is 0 Å². The number of aromatic nitrogens is 1. The second-order valence-electron chi connectivity index (χ2n) is 7.87. The van der Waals surface area contributed by atoms with E-state index < -0.39 is 5.97 Å². The van der Waals surface area contributed by atoms with Gasteiger partial charge in [-0.1, -0.05) is 38.5 Å². The van der Waals surface area contributed by atoms with Crippen molar-refractivity contribution in [1.82, 2.24) is 9.88 Å². The smallest absolute Gasteiger partial charge is 0.323 e. The highest BCUT2D eigenvalue weighted by atomic mass is 32.2. The van der Waals surface area contributed by atoms with Crippen molar-refractivity contribution in [3.63, 3.8) is 0 Å². The van der Waals surface area contributed by atoms with Crippen molar-refractivity contribution in [2.24, 2.45) is 11.8 Å². The topological polar surface area (TPSA) is 82.5 Å². The van der Waals surface area contributed by atoms with Crippen LogP contribution in [-0.2, 0) is 4.79 Å². The molecule has 1 aliphatic carbocycles. The third-order valence-corrected chi connectivity index (χ3v) is 7.41. The van der Waals surface area contributed by atoms with Gasteiger partial charge < -0.3 is 10.0 Å². The lowest BCUT2D eigenvalue weighted by molar-refractivity contribution is -0.136. The molecule has 28 heavy (non-hydrogen) atoms. The number of rotatable bonds is 10. The second-order valence-corrected chi connectivity index (χ2v) is 10.3. The summed E-state index contributed by atoms with van der Waals surface area (Å²) in [5, 5.41) is 12.3. The lowest BCUT2D eigenvalue weighted by Crippen LogP contribution is -2.45. The number of urea groups is 1. The highest BCUT2D eigenvalue weighted by Gasteiger charge is 2.28. The molecule has 8 heteroatoms. The van der Waals surface area contributed by atoms with Gasteiger partial charge in [-0.2, -0.15) is 0 Å². The fourth-order valence-electron chi connectivity index (χ4n) is 3.50. The molecule has 1 saturated carbocycles. The molecule has 1 heterocycles. The number of nitrogens with zero attached hydrogens (tertiary/aromatic N) is 2. The molecule has 0 atom stereocenters. The Morgan fingerprint density at radius 1 is 1.36 bits per heavy atom. The number of anilines is 1. The van der Waals surface area contributed by atoms with Gasteiger partial charge in [0.1, 0.15) is 0 Å². The maximum absolute atomic E-state index is 13.0. The first kappa shape index (κ1) is 23.0. The molecule has 1 aromatic rings. The van der Waals surface area contributed by atoms with Crippen LogP contribution < -0.4 is 5.32 Å². The van der Waals surface area contributed by atoms with Crippen molar-refractivity contribution in [1.29, 1.82) is 0 Å². The van der Waals surface area contributed by atoms with Gasteiger partial charge in [-0.05, 0) is 43.9 Å². The SMILES string of the molecule is CC[C@H]1CC[C@H](N(CCC(C)C)C(=O)Nc2ncc(SCCC(=O)O)s2)CC1. The highest BCUT2D eigenvalue weighted by molar-refractivity contribution is 8.01. The van der Waals surface area contributed by atoms with E-state index in [1.165, 1.54) is 42.4 Å². The number of hydrogen-bond donors (Lipinski definition) is 2. The Balaban J connectivity index is 1.94. The Bertz CT molecular complexity index is 628. The summed E-state index contributed by atoms with van der Waals surface area (Å²) in [6.07, 6.45) is 8.62. The van der Waals surface area contributed by atoms with Crippen molar-refractivity contribution in [2.45, 2.75) is 76.0 Å². The lowest BCUT2D eigenvalue weighted by Gasteiger charge is -2.37. The third-order valence-electron chi connectivity index (χ3n) is 5.30. The zero-order chi connectivity index (χ0) is 20.5. The zero-order valence-electron chi connectivity index (χ0n) is 17.1. The van der Waals surface area contributed by atoms with Gasteiger partial charge in [0.05, 0.1) is 16.8 Å². The second kappa shape index (κ2) is 11.7. The minimum absolute atomic E-state index is 0.0583. The van der Waals surface area contributed by atoms with Crippen LogP contribution >= 0.6 is 23.1 Å². The Hall–Kier alpha value is -1.28. The molecule has 0 unspecified atom stereocenters. The summed E-state index contributed by atoms with van der Waals surface area (Å²) in [5.74, 6) is 1.06. The van der Waals surface area contributed by atoms with E-state index in [1.807, 2.05) is 4.90 Å². The van der Waals surface area contributed by atoms with Crippen LogP contribution in [0.2, 0.25) is 0 Å². The van der Waals surface area contributed by atoms with Gasteiger partial charge in [-0.3, -0.25) is 10.1 Å². The number of carbonyl (C=O) groups is 2. The molecule has 0 bridgehead atoms. The first-order chi connectivity index (χ1) is 13.4. The predicted molar refractivity (Wildman–Crippen MR) is 116 cm³/mol. The van der Waals surface area contributed by atoms with Gasteiger partial charge >= 0.3 is 12.0 Å². The predicted octanol–water partition coefficient (Wildman–Crippen LogP) is 5.56. The van der Waals surface area contributed by atoms with E-state index in [9.17, 15) is 9.59 Å². The molecule has 0 spiro atoms. The molecule has 1 aromatic heterocycles. The van der Waals surface area contributed by atoms with Gasteiger partial charge in [0.2, 0.25) is 0 Å². The minimum atomic E-state index is -0.802. The molecular weight excluding hydrogens is 394 g/mol. The number of hydrogen-bond acceptors (Lipinski definition) is 5. The normalized spacial score (nSPS) is 19.6. The Morgan fingerprint density at radius 3 is 2.68 bits per heavy atom. The van der Waals surface area contributed by atoms with Gasteiger partial charge in [0.15, 0.2) is 5.13 Å². The number of carboxylic acids is 1. The third kappa shape index (κ3) is 7.62. The fourth-order valence-corrected chi connectivity index (χ4v) is 5.37. The van der Waals surface area contributed by atoms with Gasteiger partial charge in [0, 0.05) is 18.3 Å². The summed E-state index contributed by atoms with van der Waals surface area (Å²) in [6.45, 7) is 7.40. The van der Waals surface area contributed by atoms with Crippen LogP contribution in [0.1, 0.15) is 65.7 Å². The van der Waals surface area contributed by atoms with Crippen LogP contribution in [0.3, 0.4) is 0 Å². The first-order valence-corrected chi connectivity index (χ1v) is 12.1. The molecule has 6 nitrogen and oxygen atoms in total. The summed E-state index contributed by atoms with van der Waals surface area (Å²) in [7, 11) is 0. The fraction of sp³-hybridized carbons (Fsp3) is 0.750. The van der Waals surface area contributed by atoms with E-state index in [0.29, 0.717) is 22.8 Å². The molecule has 2 rings (SSSR count). The minimum Gasteiger partial charge on any atom is -0.481 e. The monoisotopic (exact) mass is 427 g/mol. The zero-order valence-corrected chi connectivity index (χ0v) is 18.8. The highest BCUT2D eigenvalue weighted by Crippen LogP contribution is 2.31. The Labute approximate surface area is 176 Å². The molecule has 1 fully saturated rings. The van der Waals surface area contributed by atoms with Crippen LogP contribution in [-0.4, -0.2) is 45.3 Å². The summed E-state index contributed by atoms with van der Waals surface area (Å²) < 4.78 is 0.925. The standard InChI is InChI=1S/C20H33N3O3S2/c1-4-15-5-7-16(8-6-15)23(11-9-14(2)3)20(26)22-19-21-13-18(28-19)27-12-10-17(24)25/h13-16H,4-12H2,1-3H3,(H,24,25)(H,21,22,26)/t15-,16-. The van der Waals surface area contributed by atoms with Crippen LogP contribution in [0.15, 0.2) is 10.4 Å². The summed E-state index contributed by atoms with van der Waals surface area (Å²) >= 11 is 2.87. The molecule has 0 radical (unpaired) electrons. The van der Waals surface area contributed by atoms with E-state index in [-0.39, 0.29) is 12.5 Å². The molecule has 0 aromatic carbocycles. The number of carbonyl (C=O) groups excluding carboxylic acids is 1. The number of carboxylic acid groups (broad SMARTS) is 1. The van der Waals surface area contributed by atoms with Crippen molar-refractivity contribution in [3.8, 4) is 0 Å². The summed E-state index contributed by atoms with van der Waals surface area (Å²) in [6, 6.07) is 0.253. The Kier molecular flexibility index (Phi) is 9.58. The van der Waals surface area contributed by atoms with E-state index in [0.717, 1.165) is 35.9 Å². The number of aliphatic carboxylic acids is 1. The number of nitrogens with one attached hydrogen (secondary N) is 1. The van der Waals surface area contributed by atoms with E-state index >= 15 is 0 Å². The summed E-state index contributed by atoms with van der Waals surface area (Å²) in [5.41, 5.74) is 0. The van der Waals surface area contributed by atoms with Crippen molar-refractivity contribution in [2.75, 3.05) is 17.6 Å².